The average Bonchev–Trinajstić information content (AvgIpc) is 2.88. The largest absolute Gasteiger partial charge is 0.491 e. The summed E-state index contributed by atoms with van der Waals surface area (Å²) in [5.74, 6) is 0.250. The first-order valence-corrected chi connectivity index (χ1v) is 7.10. The molecule has 114 valence electrons. The fraction of sp³-hybridized carbons (Fsp3) is 0.467. The van der Waals surface area contributed by atoms with Crippen molar-refractivity contribution in [1.82, 2.24) is 10.2 Å². The van der Waals surface area contributed by atoms with E-state index in [0.717, 1.165) is 6.42 Å². The molecule has 1 fully saturated rings. The van der Waals surface area contributed by atoms with Crippen molar-refractivity contribution in [2.24, 2.45) is 0 Å². The minimum Gasteiger partial charge on any atom is -0.491 e. The van der Waals surface area contributed by atoms with Gasteiger partial charge in [-0.05, 0) is 25.5 Å². The van der Waals surface area contributed by atoms with Crippen LogP contribution < -0.4 is 15.8 Å². The van der Waals surface area contributed by atoms with Crippen LogP contribution in [-0.2, 0) is 4.79 Å². The quantitative estimate of drug-likeness (QED) is 0.811. The normalized spacial score (nSPS) is 17.6. The Hall–Kier alpha value is -2.24. The van der Waals surface area contributed by atoms with Crippen molar-refractivity contribution in [3.8, 4) is 5.75 Å². The summed E-state index contributed by atoms with van der Waals surface area (Å²) in [6.45, 7) is 4.91. The lowest BCUT2D eigenvalue weighted by molar-refractivity contribution is -0.119. The Morgan fingerprint density at radius 3 is 2.90 bits per heavy atom. The second-order valence-electron chi connectivity index (χ2n) is 5.09. The SMILES string of the molecule is CCOc1c(N)cccc1C(=O)N1CCC(NC(C)=O)C1. The number of hydrogen-bond acceptors (Lipinski definition) is 4. The van der Waals surface area contributed by atoms with E-state index in [0.29, 0.717) is 36.7 Å². The minimum absolute atomic E-state index is 0.0167. The first-order chi connectivity index (χ1) is 10.0. The number of carbonyl (C=O) groups excluding carboxylic acids is 2. The molecule has 2 rings (SSSR count). The van der Waals surface area contributed by atoms with Gasteiger partial charge in [0.2, 0.25) is 5.91 Å². The van der Waals surface area contributed by atoms with Crippen molar-refractivity contribution in [3.63, 3.8) is 0 Å². The van der Waals surface area contributed by atoms with E-state index in [4.69, 9.17) is 10.5 Å². The van der Waals surface area contributed by atoms with Gasteiger partial charge in [-0.15, -0.1) is 0 Å². The molecule has 0 saturated carbocycles. The van der Waals surface area contributed by atoms with Crippen LogP contribution >= 0.6 is 0 Å². The molecule has 0 aromatic heterocycles. The number of benzene rings is 1. The van der Waals surface area contributed by atoms with E-state index in [9.17, 15) is 9.59 Å². The Balaban J connectivity index is 2.14. The molecule has 1 saturated heterocycles. The molecule has 6 nitrogen and oxygen atoms in total. The predicted octanol–water partition coefficient (Wildman–Crippen LogP) is 1.02. The number of hydrogen-bond donors (Lipinski definition) is 2. The fourth-order valence-corrected chi connectivity index (χ4v) is 2.55. The summed E-state index contributed by atoms with van der Waals surface area (Å²) in [4.78, 5) is 25.4. The van der Waals surface area contributed by atoms with Gasteiger partial charge in [0, 0.05) is 26.1 Å². The van der Waals surface area contributed by atoms with Crippen LogP contribution in [0, 0.1) is 0 Å². The first kappa shape index (κ1) is 15.2. The highest BCUT2D eigenvalue weighted by Gasteiger charge is 2.29. The Labute approximate surface area is 124 Å². The van der Waals surface area contributed by atoms with E-state index in [2.05, 4.69) is 5.32 Å². The highest BCUT2D eigenvalue weighted by Crippen LogP contribution is 2.28. The average molecular weight is 291 g/mol. The van der Waals surface area contributed by atoms with Crippen LogP contribution in [0.15, 0.2) is 18.2 Å². The second kappa shape index (κ2) is 6.47. The van der Waals surface area contributed by atoms with Gasteiger partial charge in [0.25, 0.3) is 5.91 Å². The number of para-hydroxylation sites is 1. The number of nitrogen functional groups attached to an aromatic ring is 1. The summed E-state index contributed by atoms with van der Waals surface area (Å²) >= 11 is 0. The third-order valence-electron chi connectivity index (χ3n) is 3.45. The second-order valence-corrected chi connectivity index (χ2v) is 5.09. The van der Waals surface area contributed by atoms with Gasteiger partial charge in [-0.1, -0.05) is 6.07 Å². The van der Waals surface area contributed by atoms with Crippen molar-refractivity contribution in [1.29, 1.82) is 0 Å². The van der Waals surface area contributed by atoms with Crippen LogP contribution in [0.2, 0.25) is 0 Å². The van der Waals surface area contributed by atoms with Crippen LogP contribution in [0.1, 0.15) is 30.6 Å². The number of carbonyl (C=O) groups is 2. The molecule has 6 heteroatoms. The van der Waals surface area contributed by atoms with Gasteiger partial charge >= 0.3 is 0 Å². The first-order valence-electron chi connectivity index (χ1n) is 7.10. The van der Waals surface area contributed by atoms with Crippen molar-refractivity contribution in [2.75, 3.05) is 25.4 Å². The Morgan fingerprint density at radius 1 is 1.48 bits per heavy atom. The van der Waals surface area contributed by atoms with Crippen molar-refractivity contribution >= 4 is 17.5 Å². The summed E-state index contributed by atoms with van der Waals surface area (Å²) in [6.07, 6.45) is 0.762. The van der Waals surface area contributed by atoms with E-state index in [-0.39, 0.29) is 17.9 Å². The third kappa shape index (κ3) is 3.45. The number of nitrogens with zero attached hydrogens (tertiary/aromatic N) is 1. The van der Waals surface area contributed by atoms with Gasteiger partial charge in [-0.3, -0.25) is 9.59 Å². The molecule has 1 aliphatic rings. The molecule has 3 N–H and O–H groups in total. The number of rotatable bonds is 4. The van der Waals surface area contributed by atoms with Gasteiger partial charge in [0.15, 0.2) is 5.75 Å². The summed E-state index contributed by atoms with van der Waals surface area (Å²) in [6, 6.07) is 5.19. The number of anilines is 1. The number of nitrogens with two attached hydrogens (primary N) is 1. The van der Waals surface area contributed by atoms with Crippen LogP contribution in [-0.4, -0.2) is 42.5 Å². The lowest BCUT2D eigenvalue weighted by Gasteiger charge is -2.19. The molecule has 1 unspecified atom stereocenters. The standard InChI is InChI=1S/C15H21N3O3/c1-3-21-14-12(5-4-6-13(14)16)15(20)18-8-7-11(9-18)17-10(2)19/h4-6,11H,3,7-9,16H2,1-2H3,(H,17,19). The van der Waals surface area contributed by atoms with E-state index in [1.807, 2.05) is 6.92 Å². The zero-order valence-corrected chi connectivity index (χ0v) is 12.4. The van der Waals surface area contributed by atoms with E-state index < -0.39 is 0 Å². The third-order valence-corrected chi connectivity index (χ3v) is 3.45. The highest BCUT2D eigenvalue weighted by molar-refractivity contribution is 5.98. The summed E-state index contributed by atoms with van der Waals surface area (Å²) < 4.78 is 5.50. The topological polar surface area (TPSA) is 84.7 Å². The highest BCUT2D eigenvalue weighted by atomic mass is 16.5. The van der Waals surface area contributed by atoms with Crippen LogP contribution in [0.5, 0.6) is 5.75 Å². The molecule has 1 atom stereocenters. The fourth-order valence-electron chi connectivity index (χ4n) is 2.55. The van der Waals surface area contributed by atoms with E-state index >= 15 is 0 Å². The zero-order chi connectivity index (χ0) is 15.4. The predicted molar refractivity (Wildman–Crippen MR) is 80.1 cm³/mol. The van der Waals surface area contributed by atoms with Gasteiger partial charge in [0.05, 0.1) is 17.9 Å². The molecular formula is C15H21N3O3. The molecule has 1 heterocycles. The number of ether oxygens (including phenoxy) is 1. The van der Waals surface area contributed by atoms with Crippen LogP contribution in [0.4, 0.5) is 5.69 Å². The van der Waals surface area contributed by atoms with Gasteiger partial charge in [-0.25, -0.2) is 0 Å². The van der Waals surface area contributed by atoms with Gasteiger partial charge < -0.3 is 20.7 Å². The Kier molecular flexibility index (Phi) is 4.67. The molecule has 2 amide bonds. The van der Waals surface area contributed by atoms with Crippen molar-refractivity contribution in [3.05, 3.63) is 23.8 Å². The van der Waals surface area contributed by atoms with Crippen LogP contribution in [0.25, 0.3) is 0 Å². The summed E-state index contributed by atoms with van der Waals surface area (Å²) in [5, 5.41) is 2.84. The van der Waals surface area contributed by atoms with Gasteiger partial charge in [-0.2, -0.15) is 0 Å². The molecule has 0 radical (unpaired) electrons. The summed E-state index contributed by atoms with van der Waals surface area (Å²) in [7, 11) is 0. The molecule has 0 aliphatic carbocycles. The molecule has 1 aromatic carbocycles. The van der Waals surface area contributed by atoms with E-state index in [1.165, 1.54) is 6.92 Å². The van der Waals surface area contributed by atoms with Gasteiger partial charge in [0.1, 0.15) is 0 Å². The van der Waals surface area contributed by atoms with Crippen molar-refractivity contribution in [2.45, 2.75) is 26.3 Å². The Morgan fingerprint density at radius 2 is 2.24 bits per heavy atom. The lowest BCUT2D eigenvalue weighted by Crippen LogP contribution is -2.37. The zero-order valence-electron chi connectivity index (χ0n) is 12.4. The Bertz CT molecular complexity index is 545. The molecule has 0 bridgehead atoms. The van der Waals surface area contributed by atoms with E-state index in [1.54, 1.807) is 23.1 Å². The van der Waals surface area contributed by atoms with Crippen molar-refractivity contribution < 1.29 is 14.3 Å². The maximum atomic E-state index is 12.6. The van der Waals surface area contributed by atoms with Crippen LogP contribution in [0.3, 0.4) is 0 Å². The minimum atomic E-state index is -0.112. The maximum Gasteiger partial charge on any atom is 0.257 e. The molecule has 1 aliphatic heterocycles. The lowest BCUT2D eigenvalue weighted by atomic mass is 10.1. The maximum absolute atomic E-state index is 12.6. The molecule has 21 heavy (non-hydrogen) atoms. The molecular weight excluding hydrogens is 270 g/mol. The molecule has 0 spiro atoms. The number of likely N-dealkylation sites (tertiary alicyclic amines) is 1. The number of amides is 2. The molecule has 1 aromatic rings. The monoisotopic (exact) mass is 291 g/mol. The smallest absolute Gasteiger partial charge is 0.257 e. The number of nitrogens with one attached hydrogen (secondary N) is 1. The summed E-state index contributed by atoms with van der Waals surface area (Å²) in [5.41, 5.74) is 6.82.